The van der Waals surface area contributed by atoms with Crippen molar-refractivity contribution in [3.8, 4) is 5.75 Å². The number of aromatic nitrogens is 1. The van der Waals surface area contributed by atoms with Gasteiger partial charge in [-0.2, -0.15) is 0 Å². The van der Waals surface area contributed by atoms with Crippen LogP contribution >= 0.6 is 0 Å². The molecule has 1 aromatic heterocycles. The Hall–Kier alpha value is -1.09. The van der Waals surface area contributed by atoms with Crippen molar-refractivity contribution in [1.82, 2.24) is 10.3 Å². The maximum Gasteiger partial charge on any atom is 0.138 e. The van der Waals surface area contributed by atoms with Crippen LogP contribution in [0.4, 0.5) is 0 Å². The van der Waals surface area contributed by atoms with Gasteiger partial charge in [-0.3, -0.25) is 4.98 Å². The summed E-state index contributed by atoms with van der Waals surface area (Å²) in [5, 5.41) is 3.66. The smallest absolute Gasteiger partial charge is 0.138 e. The quantitative estimate of drug-likeness (QED) is 0.815. The Bertz CT molecular complexity index is 405. The Labute approximate surface area is 116 Å². The molecule has 3 atom stereocenters. The van der Waals surface area contributed by atoms with E-state index in [1.807, 2.05) is 20.0 Å². The van der Waals surface area contributed by atoms with Gasteiger partial charge in [0, 0.05) is 12.2 Å². The molecule has 0 aliphatic heterocycles. The molecule has 1 fully saturated rings. The minimum Gasteiger partial charge on any atom is -0.489 e. The fourth-order valence-electron chi connectivity index (χ4n) is 2.57. The van der Waals surface area contributed by atoms with Crippen LogP contribution in [0.5, 0.6) is 5.75 Å². The van der Waals surface area contributed by atoms with Crippen molar-refractivity contribution in [1.29, 1.82) is 0 Å². The average molecular weight is 262 g/mol. The van der Waals surface area contributed by atoms with Gasteiger partial charge in [0.15, 0.2) is 0 Å². The summed E-state index contributed by atoms with van der Waals surface area (Å²) in [4.78, 5) is 4.34. The first-order valence-electron chi connectivity index (χ1n) is 7.46. The van der Waals surface area contributed by atoms with Crippen molar-refractivity contribution in [2.45, 2.75) is 52.7 Å². The van der Waals surface area contributed by atoms with Crippen LogP contribution in [-0.2, 0) is 0 Å². The van der Waals surface area contributed by atoms with Crippen molar-refractivity contribution in [2.24, 2.45) is 11.8 Å². The predicted molar refractivity (Wildman–Crippen MR) is 78.3 cm³/mol. The number of rotatable bonds is 7. The molecule has 3 unspecified atom stereocenters. The third kappa shape index (κ3) is 3.93. The number of nitrogens with one attached hydrogen (secondary N) is 1. The van der Waals surface area contributed by atoms with E-state index in [0.717, 1.165) is 30.6 Å². The van der Waals surface area contributed by atoms with Gasteiger partial charge >= 0.3 is 0 Å². The Kier molecular flexibility index (Phi) is 4.81. The van der Waals surface area contributed by atoms with Gasteiger partial charge in [-0.1, -0.05) is 13.8 Å². The van der Waals surface area contributed by atoms with Gasteiger partial charge in [0.25, 0.3) is 0 Å². The normalized spacial score (nSPS) is 23.4. The van der Waals surface area contributed by atoms with E-state index in [2.05, 4.69) is 30.2 Å². The lowest BCUT2D eigenvalue weighted by Crippen LogP contribution is -2.24. The molecule has 1 heterocycles. The molecule has 2 rings (SSSR count). The first-order valence-corrected chi connectivity index (χ1v) is 7.46. The monoisotopic (exact) mass is 262 g/mol. The fraction of sp³-hybridized carbons (Fsp3) is 0.688. The van der Waals surface area contributed by atoms with E-state index in [-0.39, 0.29) is 6.10 Å². The molecule has 0 bridgehead atoms. The Morgan fingerprint density at radius 3 is 2.74 bits per heavy atom. The van der Waals surface area contributed by atoms with Crippen molar-refractivity contribution in [2.75, 3.05) is 6.54 Å². The lowest BCUT2D eigenvalue weighted by molar-refractivity contribution is 0.241. The zero-order chi connectivity index (χ0) is 13.8. The Morgan fingerprint density at radius 2 is 2.16 bits per heavy atom. The molecule has 0 radical (unpaired) electrons. The van der Waals surface area contributed by atoms with E-state index >= 15 is 0 Å². The molecule has 3 heteroatoms. The molecule has 0 spiro atoms. The largest absolute Gasteiger partial charge is 0.489 e. The highest BCUT2D eigenvalue weighted by Gasteiger charge is 2.40. The third-order valence-corrected chi connectivity index (χ3v) is 3.68. The second-order valence-corrected chi connectivity index (χ2v) is 5.93. The van der Waals surface area contributed by atoms with Crippen molar-refractivity contribution >= 4 is 0 Å². The number of nitrogens with zero attached hydrogens (tertiary/aromatic N) is 1. The molecule has 0 saturated heterocycles. The maximum atomic E-state index is 5.75. The van der Waals surface area contributed by atoms with Crippen LogP contribution in [0.3, 0.4) is 0 Å². The standard InChI is InChI=1S/C16H26N2O/c1-5-6-18-16(15-7-12(15)4)13-8-14(10-17-9-13)19-11(2)3/h8-12,15-16,18H,5-7H2,1-4H3. The van der Waals surface area contributed by atoms with Crippen LogP contribution < -0.4 is 10.1 Å². The minimum absolute atomic E-state index is 0.193. The molecule has 1 aliphatic carbocycles. The predicted octanol–water partition coefficient (Wildman–Crippen LogP) is 3.57. The number of hydrogen-bond donors (Lipinski definition) is 1. The first kappa shape index (κ1) is 14.3. The third-order valence-electron chi connectivity index (χ3n) is 3.68. The zero-order valence-electron chi connectivity index (χ0n) is 12.5. The van der Waals surface area contributed by atoms with Gasteiger partial charge in [0.2, 0.25) is 0 Å². The van der Waals surface area contributed by atoms with E-state index in [1.54, 1.807) is 6.20 Å². The maximum absolute atomic E-state index is 5.75. The molecule has 106 valence electrons. The molecular formula is C16H26N2O. The van der Waals surface area contributed by atoms with Gasteiger partial charge in [0.1, 0.15) is 5.75 Å². The summed E-state index contributed by atoms with van der Waals surface area (Å²) in [7, 11) is 0. The van der Waals surface area contributed by atoms with Crippen LogP contribution in [0, 0.1) is 11.8 Å². The lowest BCUT2D eigenvalue weighted by Gasteiger charge is -2.20. The molecule has 1 aliphatic rings. The Balaban J connectivity index is 2.11. The topological polar surface area (TPSA) is 34.2 Å². The molecule has 19 heavy (non-hydrogen) atoms. The molecule has 1 saturated carbocycles. The second kappa shape index (κ2) is 6.38. The minimum atomic E-state index is 0.193. The summed E-state index contributed by atoms with van der Waals surface area (Å²) in [6, 6.07) is 2.57. The van der Waals surface area contributed by atoms with E-state index in [9.17, 15) is 0 Å². The van der Waals surface area contributed by atoms with E-state index in [1.165, 1.54) is 12.0 Å². The van der Waals surface area contributed by atoms with Crippen LogP contribution in [-0.4, -0.2) is 17.6 Å². The van der Waals surface area contributed by atoms with Gasteiger partial charge < -0.3 is 10.1 Å². The first-order chi connectivity index (χ1) is 9.11. The number of pyridine rings is 1. The van der Waals surface area contributed by atoms with E-state index < -0.39 is 0 Å². The lowest BCUT2D eigenvalue weighted by atomic mass is 10.0. The van der Waals surface area contributed by atoms with Crippen molar-refractivity contribution in [3.63, 3.8) is 0 Å². The van der Waals surface area contributed by atoms with Gasteiger partial charge in [-0.25, -0.2) is 0 Å². The second-order valence-electron chi connectivity index (χ2n) is 5.93. The van der Waals surface area contributed by atoms with Crippen LogP contribution in [0.25, 0.3) is 0 Å². The highest BCUT2D eigenvalue weighted by Crippen LogP contribution is 2.47. The van der Waals surface area contributed by atoms with E-state index in [0.29, 0.717) is 6.04 Å². The molecular weight excluding hydrogens is 236 g/mol. The van der Waals surface area contributed by atoms with Crippen molar-refractivity contribution in [3.05, 3.63) is 24.0 Å². The fourth-order valence-corrected chi connectivity index (χ4v) is 2.57. The Morgan fingerprint density at radius 1 is 1.42 bits per heavy atom. The molecule has 0 amide bonds. The van der Waals surface area contributed by atoms with Crippen LogP contribution in [0.2, 0.25) is 0 Å². The van der Waals surface area contributed by atoms with Gasteiger partial charge in [-0.05, 0) is 56.7 Å². The number of ether oxygens (including phenoxy) is 1. The average Bonchev–Trinajstić information content (AvgIpc) is 3.06. The zero-order valence-corrected chi connectivity index (χ0v) is 12.5. The summed E-state index contributed by atoms with van der Waals surface area (Å²) >= 11 is 0. The highest BCUT2D eigenvalue weighted by molar-refractivity contribution is 5.27. The summed E-state index contributed by atoms with van der Waals surface area (Å²) in [6.07, 6.45) is 6.45. The van der Waals surface area contributed by atoms with Crippen LogP contribution in [0.1, 0.15) is 52.1 Å². The van der Waals surface area contributed by atoms with Crippen LogP contribution in [0.15, 0.2) is 18.5 Å². The number of hydrogen-bond acceptors (Lipinski definition) is 3. The molecule has 0 aromatic carbocycles. The molecule has 1 N–H and O–H groups in total. The highest BCUT2D eigenvalue weighted by atomic mass is 16.5. The van der Waals surface area contributed by atoms with Gasteiger partial charge in [0.05, 0.1) is 12.3 Å². The van der Waals surface area contributed by atoms with E-state index in [4.69, 9.17) is 4.74 Å². The summed E-state index contributed by atoms with van der Waals surface area (Å²) in [6.45, 7) is 9.68. The van der Waals surface area contributed by atoms with Gasteiger partial charge in [-0.15, -0.1) is 0 Å². The SMILES string of the molecule is CCCNC(c1cncc(OC(C)C)c1)C1CC1C. The summed E-state index contributed by atoms with van der Waals surface area (Å²) in [5.41, 5.74) is 1.26. The summed E-state index contributed by atoms with van der Waals surface area (Å²) in [5.74, 6) is 2.45. The van der Waals surface area contributed by atoms with Crippen molar-refractivity contribution < 1.29 is 4.74 Å². The summed E-state index contributed by atoms with van der Waals surface area (Å²) < 4.78 is 5.75. The molecule has 1 aromatic rings. The molecule has 3 nitrogen and oxygen atoms in total.